The number of carbonyl (C=O) groups is 1. The number of piperidine rings is 1. The first kappa shape index (κ1) is 13.8. The minimum atomic E-state index is 0.307. The molecule has 0 amide bonds. The highest BCUT2D eigenvalue weighted by molar-refractivity contribution is 5.82. The van der Waals surface area contributed by atoms with Gasteiger partial charge in [-0.3, -0.25) is 14.4 Å². The van der Waals surface area contributed by atoms with Crippen LogP contribution in [0, 0.1) is 5.92 Å². The largest absolute Gasteiger partial charge is 0.299 e. The first-order chi connectivity index (χ1) is 9.84. The Labute approximate surface area is 121 Å². The molecule has 1 saturated carbocycles. The van der Waals surface area contributed by atoms with Crippen LogP contribution in [-0.2, 0) is 11.3 Å². The number of carbonyl (C=O) groups excluding carboxylic acids is 1. The van der Waals surface area contributed by atoms with Crippen LogP contribution < -0.4 is 0 Å². The maximum Gasteiger partial charge on any atom is 0.137 e. The lowest BCUT2D eigenvalue weighted by Crippen LogP contribution is -2.48. The molecule has 2 fully saturated rings. The van der Waals surface area contributed by atoms with Gasteiger partial charge in [0.2, 0.25) is 0 Å². The molecule has 2 atom stereocenters. The van der Waals surface area contributed by atoms with Crippen molar-refractivity contribution in [3.05, 3.63) is 18.5 Å². The van der Waals surface area contributed by atoms with E-state index >= 15 is 0 Å². The lowest BCUT2D eigenvalue weighted by molar-refractivity contribution is -0.127. The van der Waals surface area contributed by atoms with E-state index in [2.05, 4.69) is 10.00 Å². The summed E-state index contributed by atoms with van der Waals surface area (Å²) in [6.07, 6.45) is 11.9. The van der Waals surface area contributed by atoms with Crippen LogP contribution in [0.4, 0.5) is 0 Å². The number of hydrogen-bond donors (Lipinski definition) is 0. The molecule has 4 nitrogen and oxygen atoms in total. The molecule has 0 bridgehead atoms. The van der Waals surface area contributed by atoms with Gasteiger partial charge in [0.05, 0.1) is 6.54 Å². The first-order valence-electron chi connectivity index (χ1n) is 8.09. The predicted octanol–water partition coefficient (Wildman–Crippen LogP) is 2.50. The summed E-state index contributed by atoms with van der Waals surface area (Å²) in [6, 6.07) is 2.46. The van der Waals surface area contributed by atoms with Crippen LogP contribution in [0.15, 0.2) is 18.5 Å². The maximum absolute atomic E-state index is 12.2. The van der Waals surface area contributed by atoms with Crippen molar-refractivity contribution < 1.29 is 4.79 Å². The summed E-state index contributed by atoms with van der Waals surface area (Å²) in [4.78, 5) is 14.8. The second-order valence-electron chi connectivity index (χ2n) is 6.19. The van der Waals surface area contributed by atoms with Gasteiger partial charge in [0.25, 0.3) is 0 Å². The fraction of sp³-hybridized carbons (Fsp3) is 0.750. The highest BCUT2D eigenvalue weighted by Gasteiger charge is 2.35. The van der Waals surface area contributed by atoms with Crippen molar-refractivity contribution in [3.63, 3.8) is 0 Å². The van der Waals surface area contributed by atoms with Crippen LogP contribution in [0.25, 0.3) is 0 Å². The van der Waals surface area contributed by atoms with Gasteiger partial charge < -0.3 is 0 Å². The van der Waals surface area contributed by atoms with Crippen molar-refractivity contribution in [2.45, 2.75) is 57.5 Å². The summed E-state index contributed by atoms with van der Waals surface area (Å²) in [5, 5.41) is 4.28. The molecular weight excluding hydrogens is 250 g/mol. The van der Waals surface area contributed by atoms with Crippen molar-refractivity contribution >= 4 is 5.78 Å². The Kier molecular flexibility index (Phi) is 4.51. The third-order valence-electron chi connectivity index (χ3n) is 4.91. The van der Waals surface area contributed by atoms with Gasteiger partial charge in [-0.05, 0) is 38.3 Å². The minimum Gasteiger partial charge on any atom is -0.299 e. The first-order valence-corrected chi connectivity index (χ1v) is 8.09. The molecule has 110 valence electrons. The Hall–Kier alpha value is -1.16. The molecule has 2 unspecified atom stereocenters. The van der Waals surface area contributed by atoms with E-state index < -0.39 is 0 Å². The monoisotopic (exact) mass is 275 g/mol. The molecule has 3 rings (SSSR count). The maximum atomic E-state index is 12.2. The summed E-state index contributed by atoms with van der Waals surface area (Å²) >= 11 is 0. The number of aromatic nitrogens is 2. The highest BCUT2D eigenvalue weighted by atomic mass is 16.1. The highest BCUT2D eigenvalue weighted by Crippen LogP contribution is 2.31. The lowest BCUT2D eigenvalue weighted by atomic mass is 9.79. The molecular formula is C16H25N3O. The van der Waals surface area contributed by atoms with Gasteiger partial charge in [-0.15, -0.1) is 0 Å². The van der Waals surface area contributed by atoms with E-state index in [0.717, 1.165) is 38.9 Å². The average molecular weight is 275 g/mol. The van der Waals surface area contributed by atoms with Crippen molar-refractivity contribution in [2.75, 3.05) is 13.1 Å². The van der Waals surface area contributed by atoms with Crippen LogP contribution in [0.5, 0.6) is 0 Å². The van der Waals surface area contributed by atoms with Gasteiger partial charge in [-0.2, -0.15) is 5.10 Å². The summed E-state index contributed by atoms with van der Waals surface area (Å²) in [5.74, 6) is 0.828. The van der Waals surface area contributed by atoms with E-state index in [1.807, 2.05) is 23.1 Å². The van der Waals surface area contributed by atoms with Gasteiger partial charge in [-0.1, -0.05) is 12.8 Å². The Bertz CT molecular complexity index is 429. The Morgan fingerprint density at radius 1 is 1.15 bits per heavy atom. The van der Waals surface area contributed by atoms with Gasteiger partial charge in [0, 0.05) is 37.3 Å². The fourth-order valence-corrected chi connectivity index (χ4v) is 3.83. The Morgan fingerprint density at radius 2 is 2.05 bits per heavy atom. The predicted molar refractivity (Wildman–Crippen MR) is 78.4 cm³/mol. The zero-order valence-corrected chi connectivity index (χ0v) is 12.2. The molecule has 0 radical (unpaired) electrons. The molecule has 0 spiro atoms. The molecule has 4 heteroatoms. The van der Waals surface area contributed by atoms with Crippen LogP contribution in [0.1, 0.15) is 44.9 Å². The number of hydrogen-bond acceptors (Lipinski definition) is 3. The molecule has 20 heavy (non-hydrogen) atoms. The summed E-state index contributed by atoms with van der Waals surface area (Å²) in [6.45, 7) is 3.11. The molecule has 1 aromatic heterocycles. The van der Waals surface area contributed by atoms with Crippen molar-refractivity contribution in [3.8, 4) is 0 Å². The quantitative estimate of drug-likeness (QED) is 0.847. The molecule has 1 aliphatic heterocycles. The minimum absolute atomic E-state index is 0.307. The SMILES string of the molecule is O=C1CCCCC1C1CCCCN1CCn1cccn1. The number of ketones is 1. The third kappa shape index (κ3) is 3.11. The third-order valence-corrected chi connectivity index (χ3v) is 4.91. The molecule has 0 N–H and O–H groups in total. The number of Topliss-reactive ketones (excluding diaryl/α,β-unsaturated/α-hetero) is 1. The lowest BCUT2D eigenvalue weighted by Gasteiger charge is -2.41. The van der Waals surface area contributed by atoms with E-state index in [4.69, 9.17) is 0 Å². The van der Waals surface area contributed by atoms with Crippen molar-refractivity contribution in [1.82, 2.24) is 14.7 Å². The number of nitrogens with zero attached hydrogens (tertiary/aromatic N) is 3. The zero-order chi connectivity index (χ0) is 13.8. The second-order valence-corrected chi connectivity index (χ2v) is 6.19. The van der Waals surface area contributed by atoms with E-state index in [1.54, 1.807) is 0 Å². The topological polar surface area (TPSA) is 38.1 Å². The second kappa shape index (κ2) is 6.53. The molecule has 1 aliphatic carbocycles. The van der Waals surface area contributed by atoms with Gasteiger partial charge in [0.15, 0.2) is 0 Å². The van der Waals surface area contributed by atoms with Gasteiger partial charge in [0.1, 0.15) is 5.78 Å². The van der Waals surface area contributed by atoms with E-state index in [1.165, 1.54) is 25.7 Å². The van der Waals surface area contributed by atoms with E-state index in [9.17, 15) is 4.79 Å². The van der Waals surface area contributed by atoms with Gasteiger partial charge in [-0.25, -0.2) is 0 Å². The van der Waals surface area contributed by atoms with Crippen LogP contribution >= 0.6 is 0 Å². The van der Waals surface area contributed by atoms with E-state index in [-0.39, 0.29) is 0 Å². The van der Waals surface area contributed by atoms with Crippen LogP contribution in [0.3, 0.4) is 0 Å². The van der Waals surface area contributed by atoms with E-state index in [0.29, 0.717) is 17.7 Å². The molecule has 1 saturated heterocycles. The number of likely N-dealkylation sites (tertiary alicyclic amines) is 1. The molecule has 1 aromatic rings. The molecule has 2 heterocycles. The number of rotatable bonds is 4. The summed E-state index contributed by atoms with van der Waals surface area (Å²) in [7, 11) is 0. The Balaban J connectivity index is 1.62. The smallest absolute Gasteiger partial charge is 0.137 e. The molecule has 0 aromatic carbocycles. The summed E-state index contributed by atoms with van der Waals surface area (Å²) < 4.78 is 1.99. The average Bonchev–Trinajstić information content (AvgIpc) is 2.99. The van der Waals surface area contributed by atoms with Crippen LogP contribution in [-0.4, -0.2) is 39.6 Å². The fourth-order valence-electron chi connectivity index (χ4n) is 3.83. The standard InChI is InChI=1S/C16H25N3O/c20-16-8-2-1-6-14(16)15-7-3-4-10-18(15)12-13-19-11-5-9-17-19/h5,9,11,14-15H,1-4,6-8,10,12-13H2. The van der Waals surface area contributed by atoms with Gasteiger partial charge >= 0.3 is 0 Å². The molecule has 2 aliphatic rings. The van der Waals surface area contributed by atoms with Crippen LogP contribution in [0.2, 0.25) is 0 Å². The zero-order valence-electron chi connectivity index (χ0n) is 12.2. The normalized spacial score (nSPS) is 28.7. The van der Waals surface area contributed by atoms with Crippen molar-refractivity contribution in [1.29, 1.82) is 0 Å². The summed E-state index contributed by atoms with van der Waals surface area (Å²) in [5.41, 5.74) is 0. The Morgan fingerprint density at radius 3 is 2.85 bits per heavy atom. The van der Waals surface area contributed by atoms with Crippen molar-refractivity contribution in [2.24, 2.45) is 5.92 Å².